The fourth-order valence-corrected chi connectivity index (χ4v) is 2.41. The summed E-state index contributed by atoms with van der Waals surface area (Å²) in [6, 6.07) is 0.525. The van der Waals surface area contributed by atoms with Gasteiger partial charge < -0.3 is 9.73 Å². The van der Waals surface area contributed by atoms with E-state index in [0.29, 0.717) is 6.04 Å². The van der Waals surface area contributed by atoms with Crippen molar-refractivity contribution in [3.05, 3.63) is 17.3 Å². The molecule has 1 aliphatic rings. The number of nitrogens with zero attached hydrogens (tertiary/aromatic N) is 2. The summed E-state index contributed by atoms with van der Waals surface area (Å²) in [7, 11) is 0. The molecule has 2 heterocycles. The Morgan fingerprint density at radius 1 is 1.50 bits per heavy atom. The number of rotatable bonds is 3. The van der Waals surface area contributed by atoms with E-state index in [2.05, 4.69) is 36.0 Å². The molecule has 2 rings (SSSR count). The maximum atomic E-state index is 5.69. The van der Waals surface area contributed by atoms with Crippen molar-refractivity contribution in [1.29, 1.82) is 0 Å². The Morgan fingerprint density at radius 2 is 2.22 bits per heavy atom. The average Bonchev–Trinajstić information content (AvgIpc) is 2.63. The second kappa shape index (κ2) is 5.02. The summed E-state index contributed by atoms with van der Waals surface area (Å²) in [6.45, 7) is 13.6. The molecule has 0 aliphatic carbocycles. The largest absolute Gasteiger partial charge is 0.444 e. The first-order chi connectivity index (χ1) is 8.43. The van der Waals surface area contributed by atoms with Gasteiger partial charge in [-0.2, -0.15) is 0 Å². The maximum Gasteiger partial charge on any atom is 0.208 e. The first kappa shape index (κ1) is 13.6. The molecule has 4 nitrogen and oxygen atoms in total. The maximum absolute atomic E-state index is 5.69. The van der Waals surface area contributed by atoms with Gasteiger partial charge in [-0.1, -0.05) is 6.92 Å². The van der Waals surface area contributed by atoms with E-state index in [1.165, 1.54) is 0 Å². The van der Waals surface area contributed by atoms with Crippen molar-refractivity contribution < 1.29 is 4.42 Å². The molecule has 2 atom stereocenters. The third-order valence-electron chi connectivity index (χ3n) is 4.19. The highest BCUT2D eigenvalue weighted by Crippen LogP contribution is 2.21. The van der Waals surface area contributed by atoms with E-state index in [9.17, 15) is 0 Å². The molecule has 18 heavy (non-hydrogen) atoms. The van der Waals surface area contributed by atoms with Gasteiger partial charge in [0, 0.05) is 24.7 Å². The number of hydrogen-bond donors (Lipinski definition) is 1. The Labute approximate surface area is 110 Å². The summed E-state index contributed by atoms with van der Waals surface area (Å²) < 4.78 is 5.69. The number of aromatic nitrogens is 1. The van der Waals surface area contributed by atoms with Gasteiger partial charge in [-0.15, -0.1) is 0 Å². The van der Waals surface area contributed by atoms with Gasteiger partial charge >= 0.3 is 0 Å². The van der Waals surface area contributed by atoms with Crippen LogP contribution in [0.1, 0.15) is 44.5 Å². The van der Waals surface area contributed by atoms with Crippen molar-refractivity contribution in [1.82, 2.24) is 15.2 Å². The van der Waals surface area contributed by atoms with Crippen LogP contribution in [0.4, 0.5) is 0 Å². The highest BCUT2D eigenvalue weighted by atomic mass is 16.4. The number of aryl methyl sites for hydroxylation is 2. The molecule has 1 aromatic heterocycles. The van der Waals surface area contributed by atoms with Crippen LogP contribution >= 0.6 is 0 Å². The average molecular weight is 251 g/mol. The lowest BCUT2D eigenvalue weighted by Gasteiger charge is -2.44. The van der Waals surface area contributed by atoms with Gasteiger partial charge in [0.05, 0.1) is 12.2 Å². The molecular formula is C14H25N3O. The molecule has 0 amide bonds. The Bertz CT molecular complexity index is 396. The van der Waals surface area contributed by atoms with Gasteiger partial charge in [0.1, 0.15) is 5.76 Å². The molecule has 1 fully saturated rings. The highest BCUT2D eigenvalue weighted by Gasteiger charge is 2.33. The zero-order valence-electron chi connectivity index (χ0n) is 12.2. The molecule has 0 saturated carbocycles. The summed E-state index contributed by atoms with van der Waals surface area (Å²) in [6.07, 6.45) is 1.14. The van der Waals surface area contributed by atoms with E-state index in [0.717, 1.165) is 43.4 Å². The van der Waals surface area contributed by atoms with Crippen molar-refractivity contribution in [2.24, 2.45) is 0 Å². The van der Waals surface area contributed by atoms with E-state index in [1.807, 2.05) is 13.8 Å². The minimum atomic E-state index is 0.212. The number of oxazole rings is 1. The van der Waals surface area contributed by atoms with Gasteiger partial charge in [-0.25, -0.2) is 4.98 Å². The predicted molar refractivity (Wildman–Crippen MR) is 72.5 cm³/mol. The molecular weight excluding hydrogens is 226 g/mol. The van der Waals surface area contributed by atoms with Gasteiger partial charge in [0.15, 0.2) is 0 Å². The predicted octanol–water partition coefficient (Wildman–Crippen LogP) is 2.25. The zero-order valence-corrected chi connectivity index (χ0v) is 12.2. The Balaban J connectivity index is 2.07. The smallest absolute Gasteiger partial charge is 0.208 e. The molecule has 102 valence electrons. The zero-order chi connectivity index (χ0) is 13.3. The van der Waals surface area contributed by atoms with Crippen molar-refractivity contribution in [2.75, 3.05) is 13.1 Å². The molecule has 0 spiro atoms. The number of hydrogen-bond acceptors (Lipinski definition) is 4. The van der Waals surface area contributed by atoms with Crippen molar-refractivity contribution >= 4 is 0 Å². The Kier molecular flexibility index (Phi) is 3.78. The van der Waals surface area contributed by atoms with Crippen LogP contribution in [-0.4, -0.2) is 34.6 Å². The monoisotopic (exact) mass is 251 g/mol. The summed E-state index contributed by atoms with van der Waals surface area (Å²) in [5.74, 6) is 1.78. The quantitative estimate of drug-likeness (QED) is 0.894. The molecule has 4 heteroatoms. The molecule has 1 saturated heterocycles. The van der Waals surface area contributed by atoms with E-state index < -0.39 is 0 Å². The first-order valence-electron chi connectivity index (χ1n) is 6.85. The Hall–Kier alpha value is -0.870. The summed E-state index contributed by atoms with van der Waals surface area (Å²) in [5.41, 5.74) is 1.22. The minimum Gasteiger partial charge on any atom is -0.444 e. The van der Waals surface area contributed by atoms with E-state index >= 15 is 0 Å². The second-order valence-electron chi connectivity index (χ2n) is 5.80. The standard InChI is InChI=1S/C14H25N3O/c1-6-14(5)9-17(10(2)7-15-14)8-13-16-11(3)12(4)18-13/h10,15H,6-9H2,1-5H3. The summed E-state index contributed by atoms with van der Waals surface area (Å²) in [4.78, 5) is 6.95. The molecule has 1 aliphatic heterocycles. The number of piperazine rings is 1. The topological polar surface area (TPSA) is 41.3 Å². The van der Waals surface area contributed by atoms with Crippen LogP contribution in [0.5, 0.6) is 0 Å². The van der Waals surface area contributed by atoms with Crippen LogP contribution in [0.15, 0.2) is 4.42 Å². The lowest BCUT2D eigenvalue weighted by molar-refractivity contribution is 0.0784. The third kappa shape index (κ3) is 2.75. The van der Waals surface area contributed by atoms with E-state index in [4.69, 9.17) is 4.42 Å². The van der Waals surface area contributed by atoms with Crippen molar-refractivity contribution in [2.45, 2.75) is 59.2 Å². The second-order valence-corrected chi connectivity index (χ2v) is 5.80. The highest BCUT2D eigenvalue weighted by molar-refractivity contribution is 5.06. The third-order valence-corrected chi connectivity index (χ3v) is 4.19. The summed E-state index contributed by atoms with van der Waals surface area (Å²) in [5, 5.41) is 3.63. The fourth-order valence-electron chi connectivity index (χ4n) is 2.41. The SMILES string of the molecule is CCC1(C)CN(Cc2nc(C)c(C)o2)C(C)CN1. The van der Waals surface area contributed by atoms with E-state index in [1.54, 1.807) is 0 Å². The fraction of sp³-hybridized carbons (Fsp3) is 0.786. The normalized spacial score (nSPS) is 29.7. The van der Waals surface area contributed by atoms with Gasteiger partial charge in [-0.3, -0.25) is 4.90 Å². The molecule has 1 aromatic rings. The molecule has 0 bridgehead atoms. The lowest BCUT2D eigenvalue weighted by atomic mass is 9.94. The van der Waals surface area contributed by atoms with Crippen LogP contribution in [0.25, 0.3) is 0 Å². The molecule has 0 radical (unpaired) electrons. The van der Waals surface area contributed by atoms with Gasteiger partial charge in [-0.05, 0) is 34.1 Å². The van der Waals surface area contributed by atoms with Crippen LogP contribution < -0.4 is 5.32 Å². The molecule has 2 unspecified atom stereocenters. The summed E-state index contributed by atoms with van der Waals surface area (Å²) >= 11 is 0. The van der Waals surface area contributed by atoms with Crippen LogP contribution in [-0.2, 0) is 6.54 Å². The number of nitrogens with one attached hydrogen (secondary N) is 1. The molecule has 1 N–H and O–H groups in total. The van der Waals surface area contributed by atoms with Crippen LogP contribution in [0.2, 0.25) is 0 Å². The van der Waals surface area contributed by atoms with Crippen molar-refractivity contribution in [3.8, 4) is 0 Å². The minimum absolute atomic E-state index is 0.212. The lowest BCUT2D eigenvalue weighted by Crippen LogP contribution is -2.61. The van der Waals surface area contributed by atoms with Gasteiger partial charge in [0.2, 0.25) is 5.89 Å². The van der Waals surface area contributed by atoms with Crippen LogP contribution in [0, 0.1) is 13.8 Å². The van der Waals surface area contributed by atoms with Crippen LogP contribution in [0.3, 0.4) is 0 Å². The molecule has 0 aromatic carbocycles. The van der Waals surface area contributed by atoms with Gasteiger partial charge in [0.25, 0.3) is 0 Å². The van der Waals surface area contributed by atoms with Crippen molar-refractivity contribution in [3.63, 3.8) is 0 Å². The Morgan fingerprint density at radius 3 is 2.78 bits per heavy atom. The first-order valence-corrected chi connectivity index (χ1v) is 6.85. The van der Waals surface area contributed by atoms with E-state index in [-0.39, 0.29) is 5.54 Å².